The molecule has 1 saturated heterocycles. The van der Waals surface area contributed by atoms with Crippen molar-refractivity contribution in [3.63, 3.8) is 0 Å². The molecule has 1 aromatic carbocycles. The minimum atomic E-state index is -1.03. The third-order valence-electron chi connectivity index (χ3n) is 5.91. The van der Waals surface area contributed by atoms with Crippen molar-refractivity contribution in [1.82, 2.24) is 14.5 Å². The predicted molar refractivity (Wildman–Crippen MR) is 115 cm³/mol. The number of anilines is 1. The summed E-state index contributed by atoms with van der Waals surface area (Å²) >= 11 is 0. The van der Waals surface area contributed by atoms with Crippen molar-refractivity contribution in [1.29, 1.82) is 0 Å². The lowest BCUT2D eigenvalue weighted by atomic mass is 10.0. The zero-order valence-corrected chi connectivity index (χ0v) is 16.9. The Morgan fingerprint density at radius 3 is 2.72 bits per heavy atom. The van der Waals surface area contributed by atoms with E-state index in [0.29, 0.717) is 5.57 Å². The van der Waals surface area contributed by atoms with Gasteiger partial charge >= 0.3 is 0 Å². The fourth-order valence-corrected chi connectivity index (χ4v) is 4.13. The Morgan fingerprint density at radius 1 is 1.10 bits per heavy atom. The van der Waals surface area contributed by atoms with Crippen LogP contribution in [0, 0.1) is 6.92 Å². The van der Waals surface area contributed by atoms with Crippen molar-refractivity contribution in [2.24, 2.45) is 0 Å². The van der Waals surface area contributed by atoms with E-state index in [0.717, 1.165) is 60.9 Å². The Balaban J connectivity index is 1.44. The molecule has 3 aromatic rings. The normalized spacial score (nSPS) is 19.8. The molecule has 29 heavy (non-hydrogen) atoms. The summed E-state index contributed by atoms with van der Waals surface area (Å²) in [5, 5.41) is 15.3. The van der Waals surface area contributed by atoms with Gasteiger partial charge in [-0.1, -0.05) is 6.92 Å². The third kappa shape index (κ3) is 3.39. The van der Waals surface area contributed by atoms with Gasteiger partial charge in [-0.2, -0.15) is 5.10 Å². The van der Waals surface area contributed by atoms with E-state index in [9.17, 15) is 5.11 Å². The minimum Gasteiger partial charge on any atom is -0.460 e. The maximum atomic E-state index is 10.7. The van der Waals surface area contributed by atoms with Crippen LogP contribution in [0.5, 0.6) is 5.75 Å². The number of hydrogen-bond donors (Lipinski definition) is 1. The number of pyridine rings is 1. The van der Waals surface area contributed by atoms with Crippen molar-refractivity contribution in [2.45, 2.75) is 20.1 Å². The van der Waals surface area contributed by atoms with E-state index < -0.39 is 6.29 Å². The number of ether oxygens (including phenoxy) is 1. The highest BCUT2D eigenvalue weighted by Gasteiger charge is 2.25. The Hall–Kier alpha value is -2.83. The number of hydrogen-bond acceptors (Lipinski definition) is 5. The van der Waals surface area contributed by atoms with Crippen LogP contribution in [0.25, 0.3) is 17.2 Å². The molecule has 0 spiro atoms. The lowest BCUT2D eigenvalue weighted by Gasteiger charge is -2.36. The molecule has 6 nitrogen and oxygen atoms in total. The van der Waals surface area contributed by atoms with Gasteiger partial charge < -0.3 is 19.6 Å². The number of rotatable bonds is 3. The maximum absolute atomic E-state index is 10.7. The SMILES string of the molecule is CCN1CCN(c2ccc3c(c2)OC(O)C(c2cc4cc(C)ccn4n2)=C3)CC1. The summed E-state index contributed by atoms with van der Waals surface area (Å²) < 4.78 is 7.72. The summed E-state index contributed by atoms with van der Waals surface area (Å²) in [6.07, 6.45) is 2.89. The largest absolute Gasteiger partial charge is 0.460 e. The fraction of sp³-hybridized carbons (Fsp3) is 0.348. The highest BCUT2D eigenvalue weighted by atomic mass is 16.6. The molecule has 0 bridgehead atoms. The van der Waals surface area contributed by atoms with Gasteiger partial charge in [-0.15, -0.1) is 0 Å². The van der Waals surface area contributed by atoms with Crippen LogP contribution in [0.1, 0.15) is 23.7 Å². The van der Waals surface area contributed by atoms with Gasteiger partial charge in [-0.05, 0) is 55.4 Å². The standard InChI is InChI=1S/C23H26N4O2/c1-3-25-8-10-26(11-9-25)18-5-4-17-13-20(23(28)29-22(17)15-18)21-14-19-12-16(2)6-7-27(19)24-21/h4-7,12-15,23,28H,3,8-11H2,1-2H3. The lowest BCUT2D eigenvalue weighted by molar-refractivity contribution is 0.0317. The molecule has 0 radical (unpaired) electrons. The van der Waals surface area contributed by atoms with Crippen LogP contribution in [-0.4, -0.2) is 58.6 Å². The second-order valence-corrected chi connectivity index (χ2v) is 7.82. The van der Waals surface area contributed by atoms with Crippen LogP contribution in [-0.2, 0) is 0 Å². The average Bonchev–Trinajstić information content (AvgIpc) is 3.15. The third-order valence-corrected chi connectivity index (χ3v) is 5.91. The number of fused-ring (bicyclic) bond motifs is 2. The summed E-state index contributed by atoms with van der Waals surface area (Å²) in [6, 6.07) is 12.3. The second kappa shape index (κ2) is 7.21. The van der Waals surface area contributed by atoms with Gasteiger partial charge in [0, 0.05) is 55.3 Å². The molecule has 5 rings (SSSR count). The van der Waals surface area contributed by atoms with Gasteiger partial charge in [0.1, 0.15) is 5.75 Å². The van der Waals surface area contributed by atoms with E-state index >= 15 is 0 Å². The van der Waals surface area contributed by atoms with E-state index in [1.165, 1.54) is 5.56 Å². The zero-order valence-electron chi connectivity index (χ0n) is 16.9. The van der Waals surface area contributed by atoms with Gasteiger partial charge in [-0.25, -0.2) is 4.52 Å². The van der Waals surface area contributed by atoms with Crippen molar-refractivity contribution in [3.05, 3.63) is 59.4 Å². The molecule has 1 atom stereocenters. The summed E-state index contributed by atoms with van der Waals surface area (Å²) in [4.78, 5) is 4.84. The van der Waals surface area contributed by atoms with Crippen LogP contribution in [0.4, 0.5) is 5.69 Å². The molecule has 2 aromatic heterocycles. The lowest BCUT2D eigenvalue weighted by Crippen LogP contribution is -2.46. The molecule has 1 fully saturated rings. The number of aliphatic hydroxyl groups excluding tert-OH is 1. The maximum Gasteiger partial charge on any atom is 0.226 e. The highest BCUT2D eigenvalue weighted by Crippen LogP contribution is 2.36. The molecule has 4 heterocycles. The number of aryl methyl sites for hydroxylation is 1. The molecule has 6 heteroatoms. The molecule has 150 valence electrons. The minimum absolute atomic E-state index is 0.683. The molecule has 1 N–H and O–H groups in total. The zero-order chi connectivity index (χ0) is 20.0. The Morgan fingerprint density at radius 2 is 1.93 bits per heavy atom. The van der Waals surface area contributed by atoms with Crippen LogP contribution < -0.4 is 9.64 Å². The molecule has 0 aliphatic carbocycles. The van der Waals surface area contributed by atoms with Gasteiger partial charge in [0.05, 0.1) is 11.2 Å². The number of aliphatic hydroxyl groups is 1. The van der Waals surface area contributed by atoms with Crippen LogP contribution in [0.3, 0.4) is 0 Å². The molecule has 1 unspecified atom stereocenters. The topological polar surface area (TPSA) is 53.2 Å². The molecule has 2 aliphatic rings. The highest BCUT2D eigenvalue weighted by molar-refractivity contribution is 5.87. The molecule has 2 aliphatic heterocycles. The van der Waals surface area contributed by atoms with Crippen molar-refractivity contribution in [2.75, 3.05) is 37.6 Å². The number of piperazine rings is 1. The van der Waals surface area contributed by atoms with Crippen molar-refractivity contribution >= 4 is 22.9 Å². The van der Waals surface area contributed by atoms with Crippen LogP contribution in [0.15, 0.2) is 42.6 Å². The smallest absolute Gasteiger partial charge is 0.226 e. The van der Waals surface area contributed by atoms with E-state index in [1.54, 1.807) is 0 Å². The van der Waals surface area contributed by atoms with Crippen LogP contribution >= 0.6 is 0 Å². The molecule has 0 amide bonds. The van der Waals surface area contributed by atoms with Crippen molar-refractivity contribution in [3.8, 4) is 5.75 Å². The molecule has 0 saturated carbocycles. The van der Waals surface area contributed by atoms with Crippen molar-refractivity contribution < 1.29 is 9.84 Å². The summed E-state index contributed by atoms with van der Waals surface area (Å²) in [5.41, 5.74) is 5.70. The first-order valence-electron chi connectivity index (χ1n) is 10.2. The average molecular weight is 390 g/mol. The van der Waals surface area contributed by atoms with Gasteiger partial charge in [0.2, 0.25) is 6.29 Å². The molecular formula is C23H26N4O2. The van der Waals surface area contributed by atoms with Gasteiger partial charge in [-0.3, -0.25) is 0 Å². The van der Waals surface area contributed by atoms with E-state index in [2.05, 4.69) is 46.9 Å². The Labute approximate surface area is 170 Å². The summed E-state index contributed by atoms with van der Waals surface area (Å²) in [6.45, 7) is 9.54. The predicted octanol–water partition coefficient (Wildman–Crippen LogP) is 3.04. The monoisotopic (exact) mass is 390 g/mol. The van der Waals surface area contributed by atoms with Crippen LogP contribution in [0.2, 0.25) is 0 Å². The summed E-state index contributed by atoms with van der Waals surface area (Å²) in [7, 11) is 0. The number of nitrogens with zero attached hydrogens (tertiary/aromatic N) is 4. The Bertz CT molecular complexity index is 1080. The van der Waals surface area contributed by atoms with E-state index in [1.807, 2.05) is 35.0 Å². The van der Waals surface area contributed by atoms with E-state index in [4.69, 9.17) is 4.74 Å². The first-order chi connectivity index (χ1) is 14.1. The number of aromatic nitrogens is 2. The number of benzene rings is 1. The Kier molecular flexibility index (Phi) is 4.53. The number of likely N-dealkylation sites (N-methyl/N-ethyl adjacent to an activating group) is 1. The molecular weight excluding hydrogens is 364 g/mol. The van der Waals surface area contributed by atoms with E-state index in [-0.39, 0.29) is 0 Å². The van der Waals surface area contributed by atoms with Gasteiger partial charge in [0.25, 0.3) is 0 Å². The first-order valence-corrected chi connectivity index (χ1v) is 10.2. The first kappa shape index (κ1) is 18.2. The quantitative estimate of drug-likeness (QED) is 0.745. The summed E-state index contributed by atoms with van der Waals surface area (Å²) in [5.74, 6) is 0.719. The fourth-order valence-electron chi connectivity index (χ4n) is 4.13. The second-order valence-electron chi connectivity index (χ2n) is 7.82. The van der Waals surface area contributed by atoms with Gasteiger partial charge in [0.15, 0.2) is 0 Å².